The van der Waals surface area contributed by atoms with Gasteiger partial charge in [-0.05, 0) is 12.2 Å². The lowest BCUT2D eigenvalue weighted by Gasteiger charge is -2.01. The van der Waals surface area contributed by atoms with Crippen LogP contribution >= 0.6 is 12.2 Å². The van der Waals surface area contributed by atoms with Gasteiger partial charge in [-0.25, -0.2) is 4.98 Å². The maximum atomic E-state index is 4.85. The maximum absolute atomic E-state index is 4.85. The summed E-state index contributed by atoms with van der Waals surface area (Å²) in [6, 6.07) is 0. The molecule has 4 heteroatoms. The first-order valence-electron chi connectivity index (χ1n) is 3.24. The Hall–Kier alpha value is -0.640. The fourth-order valence-corrected chi connectivity index (χ4v) is 1.15. The summed E-state index contributed by atoms with van der Waals surface area (Å²) in [4.78, 5) is 4.13. The van der Waals surface area contributed by atoms with Gasteiger partial charge in [0, 0.05) is 13.0 Å². The van der Waals surface area contributed by atoms with Crippen LogP contribution in [0.5, 0.6) is 0 Å². The molecule has 0 spiro atoms. The Morgan fingerprint density at radius 3 is 2.40 bits per heavy atom. The van der Waals surface area contributed by atoms with Crippen LogP contribution in [-0.2, 0) is 7.05 Å². The molecule has 0 aliphatic carbocycles. The van der Waals surface area contributed by atoms with Gasteiger partial charge in [0.25, 0.3) is 0 Å². The molecular weight excluding hydrogens is 146 g/mol. The number of aryl methyl sites for hydroxylation is 1. The van der Waals surface area contributed by atoms with E-state index in [1.807, 2.05) is 11.7 Å². The second kappa shape index (κ2) is 2.54. The number of H-pyrrole nitrogens is 1. The molecule has 1 N–H and O–H groups in total. The van der Waals surface area contributed by atoms with Crippen LogP contribution in [-0.4, -0.2) is 14.8 Å². The Morgan fingerprint density at radius 2 is 2.20 bits per heavy atom. The first-order chi connectivity index (χ1) is 4.61. The number of nitrogens with zero attached hydrogens (tertiary/aromatic N) is 2. The van der Waals surface area contributed by atoms with Crippen LogP contribution in [0.25, 0.3) is 0 Å². The highest BCUT2D eigenvalue weighted by Crippen LogP contribution is 2.08. The molecule has 1 rings (SSSR count). The standard InChI is InChI=1S/C6H11N3S/c1-4(2)5-7-6(10)8-9(5)3/h4H,1-3H3,(H,8,10). The molecule has 0 saturated carbocycles. The van der Waals surface area contributed by atoms with Gasteiger partial charge in [0.15, 0.2) is 0 Å². The Balaban J connectivity index is 3.15. The molecule has 0 aromatic carbocycles. The Morgan fingerprint density at radius 1 is 1.60 bits per heavy atom. The third kappa shape index (κ3) is 1.26. The zero-order valence-electron chi connectivity index (χ0n) is 6.38. The molecule has 0 bridgehead atoms. The molecule has 1 heterocycles. The first-order valence-corrected chi connectivity index (χ1v) is 3.65. The van der Waals surface area contributed by atoms with Crippen LogP contribution < -0.4 is 0 Å². The van der Waals surface area contributed by atoms with Gasteiger partial charge >= 0.3 is 0 Å². The van der Waals surface area contributed by atoms with Crippen LogP contribution in [0, 0.1) is 4.77 Å². The number of rotatable bonds is 1. The van der Waals surface area contributed by atoms with E-state index in [4.69, 9.17) is 12.2 Å². The number of aromatic nitrogens is 3. The third-order valence-corrected chi connectivity index (χ3v) is 1.52. The van der Waals surface area contributed by atoms with Gasteiger partial charge in [0.2, 0.25) is 4.77 Å². The fourth-order valence-electron chi connectivity index (χ4n) is 0.921. The Labute approximate surface area is 65.1 Å². The SMILES string of the molecule is CC(C)c1nc(=S)[nH]n1C. The summed E-state index contributed by atoms with van der Waals surface area (Å²) >= 11 is 4.85. The van der Waals surface area contributed by atoms with Crippen molar-refractivity contribution in [3.05, 3.63) is 10.6 Å². The topological polar surface area (TPSA) is 33.6 Å². The van der Waals surface area contributed by atoms with Gasteiger partial charge in [-0.2, -0.15) is 0 Å². The number of hydrogen-bond acceptors (Lipinski definition) is 2. The fraction of sp³-hybridized carbons (Fsp3) is 0.667. The van der Waals surface area contributed by atoms with E-state index >= 15 is 0 Å². The van der Waals surface area contributed by atoms with Gasteiger partial charge in [-0.1, -0.05) is 13.8 Å². The van der Waals surface area contributed by atoms with E-state index in [2.05, 4.69) is 23.9 Å². The summed E-state index contributed by atoms with van der Waals surface area (Å²) in [5, 5.41) is 2.91. The van der Waals surface area contributed by atoms with Crippen molar-refractivity contribution in [2.45, 2.75) is 19.8 Å². The summed E-state index contributed by atoms with van der Waals surface area (Å²) in [5.41, 5.74) is 0. The van der Waals surface area contributed by atoms with E-state index in [0.29, 0.717) is 10.7 Å². The molecule has 0 saturated heterocycles. The molecule has 0 aliphatic rings. The number of nitrogens with one attached hydrogen (secondary N) is 1. The minimum Gasteiger partial charge on any atom is -0.275 e. The number of aromatic amines is 1. The molecule has 3 nitrogen and oxygen atoms in total. The lowest BCUT2D eigenvalue weighted by atomic mass is 10.2. The average molecular weight is 157 g/mol. The van der Waals surface area contributed by atoms with Gasteiger partial charge in [-0.15, -0.1) is 0 Å². The predicted molar refractivity (Wildman–Crippen MR) is 42.5 cm³/mol. The van der Waals surface area contributed by atoms with Crippen molar-refractivity contribution < 1.29 is 0 Å². The zero-order valence-corrected chi connectivity index (χ0v) is 7.20. The summed E-state index contributed by atoms with van der Waals surface area (Å²) in [6.07, 6.45) is 0. The van der Waals surface area contributed by atoms with Crippen LogP contribution in [0.1, 0.15) is 25.6 Å². The second-order valence-corrected chi connectivity index (χ2v) is 2.99. The quantitative estimate of drug-likeness (QED) is 0.628. The third-order valence-electron chi connectivity index (χ3n) is 1.34. The first kappa shape index (κ1) is 7.47. The van der Waals surface area contributed by atoms with Crippen LogP contribution in [0.2, 0.25) is 0 Å². The second-order valence-electron chi connectivity index (χ2n) is 2.60. The van der Waals surface area contributed by atoms with E-state index in [0.717, 1.165) is 5.82 Å². The van der Waals surface area contributed by atoms with Gasteiger partial charge in [0.1, 0.15) is 5.82 Å². The van der Waals surface area contributed by atoms with E-state index in [1.54, 1.807) is 0 Å². The monoisotopic (exact) mass is 157 g/mol. The Kier molecular flexibility index (Phi) is 1.89. The van der Waals surface area contributed by atoms with Crippen molar-refractivity contribution in [1.29, 1.82) is 0 Å². The maximum Gasteiger partial charge on any atom is 0.213 e. The van der Waals surface area contributed by atoms with E-state index < -0.39 is 0 Å². The molecule has 0 fully saturated rings. The lowest BCUT2D eigenvalue weighted by Crippen LogP contribution is -2.00. The van der Waals surface area contributed by atoms with Gasteiger partial charge in [-0.3, -0.25) is 9.78 Å². The van der Waals surface area contributed by atoms with Crippen molar-refractivity contribution >= 4 is 12.2 Å². The van der Waals surface area contributed by atoms with Crippen molar-refractivity contribution in [2.75, 3.05) is 0 Å². The predicted octanol–water partition coefficient (Wildman–Crippen LogP) is 1.60. The normalized spacial score (nSPS) is 10.8. The molecule has 10 heavy (non-hydrogen) atoms. The smallest absolute Gasteiger partial charge is 0.213 e. The molecular formula is C6H11N3S. The molecule has 0 unspecified atom stereocenters. The minimum atomic E-state index is 0.429. The van der Waals surface area contributed by atoms with Crippen molar-refractivity contribution in [2.24, 2.45) is 7.05 Å². The van der Waals surface area contributed by atoms with Gasteiger partial charge in [0.05, 0.1) is 0 Å². The van der Waals surface area contributed by atoms with Gasteiger partial charge < -0.3 is 0 Å². The van der Waals surface area contributed by atoms with Crippen molar-refractivity contribution in [3.8, 4) is 0 Å². The summed E-state index contributed by atoms with van der Waals surface area (Å²) in [7, 11) is 1.91. The Bertz CT molecular complexity index is 271. The minimum absolute atomic E-state index is 0.429. The van der Waals surface area contributed by atoms with Crippen LogP contribution in [0.4, 0.5) is 0 Å². The summed E-state index contributed by atoms with van der Waals surface area (Å²) in [5.74, 6) is 1.43. The van der Waals surface area contributed by atoms with Crippen LogP contribution in [0.3, 0.4) is 0 Å². The lowest BCUT2D eigenvalue weighted by molar-refractivity contribution is 0.654. The largest absolute Gasteiger partial charge is 0.275 e. The molecule has 1 aromatic heterocycles. The molecule has 56 valence electrons. The highest BCUT2D eigenvalue weighted by atomic mass is 32.1. The highest BCUT2D eigenvalue weighted by molar-refractivity contribution is 7.71. The molecule has 0 atom stereocenters. The van der Waals surface area contributed by atoms with Crippen molar-refractivity contribution in [1.82, 2.24) is 14.8 Å². The molecule has 0 radical (unpaired) electrons. The molecule has 1 aromatic rings. The number of hydrogen-bond donors (Lipinski definition) is 1. The summed E-state index contributed by atoms with van der Waals surface area (Å²) < 4.78 is 2.42. The van der Waals surface area contributed by atoms with Crippen LogP contribution in [0.15, 0.2) is 0 Å². The van der Waals surface area contributed by atoms with Crippen molar-refractivity contribution in [3.63, 3.8) is 0 Å². The highest BCUT2D eigenvalue weighted by Gasteiger charge is 2.04. The zero-order chi connectivity index (χ0) is 7.72. The average Bonchev–Trinajstić information content (AvgIpc) is 2.10. The molecule has 0 amide bonds. The summed E-state index contributed by atoms with van der Waals surface area (Å²) in [6.45, 7) is 4.18. The van der Waals surface area contributed by atoms with E-state index in [-0.39, 0.29) is 0 Å². The molecule has 0 aliphatic heterocycles. The van der Waals surface area contributed by atoms with E-state index in [9.17, 15) is 0 Å². The van der Waals surface area contributed by atoms with E-state index in [1.165, 1.54) is 0 Å².